The van der Waals surface area contributed by atoms with Crippen LogP contribution in [-0.4, -0.2) is 16.4 Å². The maximum atomic E-state index is 13.3. The van der Waals surface area contributed by atoms with E-state index in [4.69, 9.17) is 11.6 Å². The summed E-state index contributed by atoms with van der Waals surface area (Å²) >= 11 is 5.87. The molecule has 0 aliphatic heterocycles. The van der Waals surface area contributed by atoms with E-state index in [0.717, 1.165) is 5.56 Å². The van der Waals surface area contributed by atoms with E-state index in [1.807, 2.05) is 20.8 Å². The maximum absolute atomic E-state index is 13.3. The third kappa shape index (κ3) is 2.95. The lowest BCUT2D eigenvalue weighted by atomic mass is 9.86. The number of alkyl halides is 4. The largest absolute Gasteiger partial charge is 0.365 e. The zero-order valence-electron chi connectivity index (χ0n) is 11.6. The summed E-state index contributed by atoms with van der Waals surface area (Å²) in [6.07, 6.45) is -3.89. The Morgan fingerprint density at radius 1 is 1.10 bits per heavy atom. The second-order valence-electron chi connectivity index (χ2n) is 5.74. The normalized spacial score (nSPS) is 13.2. The molecule has 0 aliphatic rings. The predicted molar refractivity (Wildman–Crippen MR) is 73.1 cm³/mol. The molecule has 0 saturated carbocycles. The zero-order valence-corrected chi connectivity index (χ0v) is 12.3. The first-order valence-corrected chi connectivity index (χ1v) is 6.55. The molecule has 21 heavy (non-hydrogen) atoms. The Balaban J connectivity index is 2.64. The Morgan fingerprint density at radius 2 is 1.71 bits per heavy atom. The molecule has 114 valence electrons. The zero-order chi connectivity index (χ0) is 16.0. The van der Waals surface area contributed by atoms with Crippen molar-refractivity contribution in [2.75, 3.05) is 0 Å². The van der Waals surface area contributed by atoms with Gasteiger partial charge in [0, 0.05) is 5.39 Å². The van der Waals surface area contributed by atoms with E-state index in [1.165, 1.54) is 6.07 Å². The summed E-state index contributed by atoms with van der Waals surface area (Å²) in [4.78, 5) is 6.87. The summed E-state index contributed by atoms with van der Waals surface area (Å²) in [5, 5.41) is 0.0966. The Bertz CT molecular complexity index is 680. The van der Waals surface area contributed by atoms with Crippen LogP contribution in [0.2, 0.25) is 5.15 Å². The minimum Gasteiger partial charge on any atom is -0.227 e. The summed E-state index contributed by atoms with van der Waals surface area (Å²) in [5.74, 6) is -5.70. The molecule has 0 atom stereocenters. The molecule has 1 heterocycles. The van der Waals surface area contributed by atoms with Gasteiger partial charge in [0.15, 0.2) is 0 Å². The van der Waals surface area contributed by atoms with Gasteiger partial charge in [-0.3, -0.25) is 0 Å². The fourth-order valence-corrected chi connectivity index (χ4v) is 2.04. The van der Waals surface area contributed by atoms with E-state index in [2.05, 4.69) is 9.97 Å². The lowest BCUT2D eigenvalue weighted by Gasteiger charge is -2.20. The van der Waals surface area contributed by atoms with Gasteiger partial charge in [0.1, 0.15) is 5.15 Å². The van der Waals surface area contributed by atoms with Crippen LogP contribution in [0.15, 0.2) is 18.2 Å². The van der Waals surface area contributed by atoms with Crippen LogP contribution in [0.25, 0.3) is 10.9 Å². The molecule has 0 fully saturated rings. The Kier molecular flexibility index (Phi) is 3.86. The van der Waals surface area contributed by atoms with Gasteiger partial charge in [0.05, 0.1) is 5.52 Å². The quantitative estimate of drug-likeness (QED) is 0.578. The van der Waals surface area contributed by atoms with Gasteiger partial charge in [-0.2, -0.15) is 8.78 Å². The number of hydrogen-bond donors (Lipinski definition) is 0. The first kappa shape index (κ1) is 15.9. The third-order valence-electron chi connectivity index (χ3n) is 3.09. The van der Waals surface area contributed by atoms with Crippen LogP contribution in [0.4, 0.5) is 17.6 Å². The molecule has 1 aromatic carbocycles. The number of benzene rings is 1. The lowest BCUT2D eigenvalue weighted by molar-refractivity contribution is -0.140. The molecule has 0 unspecified atom stereocenters. The van der Waals surface area contributed by atoms with Gasteiger partial charge in [0.2, 0.25) is 5.82 Å². The van der Waals surface area contributed by atoms with E-state index < -0.39 is 18.2 Å². The SMILES string of the molecule is CC(C)(C)c1ccc2nc(C(F)(F)C(F)F)nc(Cl)c2c1. The van der Waals surface area contributed by atoms with Crippen molar-refractivity contribution in [3.05, 3.63) is 34.7 Å². The van der Waals surface area contributed by atoms with Gasteiger partial charge in [-0.25, -0.2) is 18.7 Å². The Labute approximate surface area is 124 Å². The van der Waals surface area contributed by atoms with Crippen LogP contribution in [0, 0.1) is 0 Å². The third-order valence-corrected chi connectivity index (χ3v) is 3.38. The van der Waals surface area contributed by atoms with Crippen LogP contribution in [0.1, 0.15) is 32.2 Å². The van der Waals surface area contributed by atoms with E-state index >= 15 is 0 Å². The summed E-state index contributed by atoms with van der Waals surface area (Å²) in [6.45, 7) is 5.92. The molecule has 0 bridgehead atoms. The number of nitrogens with zero attached hydrogens (tertiary/aromatic N) is 2. The molecule has 0 spiro atoms. The van der Waals surface area contributed by atoms with Gasteiger partial charge in [-0.15, -0.1) is 0 Å². The average Bonchev–Trinajstić information content (AvgIpc) is 2.36. The number of rotatable bonds is 2. The van der Waals surface area contributed by atoms with Crippen LogP contribution in [0.3, 0.4) is 0 Å². The van der Waals surface area contributed by atoms with Gasteiger partial charge in [-0.05, 0) is 23.1 Å². The van der Waals surface area contributed by atoms with Gasteiger partial charge in [0.25, 0.3) is 0 Å². The molecular formula is C14H13ClF4N2. The molecular weight excluding hydrogens is 308 g/mol. The topological polar surface area (TPSA) is 25.8 Å². The first-order valence-electron chi connectivity index (χ1n) is 6.17. The highest BCUT2D eigenvalue weighted by Crippen LogP contribution is 2.35. The molecule has 0 aliphatic carbocycles. The van der Waals surface area contributed by atoms with Gasteiger partial charge in [-0.1, -0.05) is 38.4 Å². The Hall–Kier alpha value is -1.43. The molecule has 1 aromatic heterocycles. The second kappa shape index (κ2) is 5.09. The fourth-order valence-electron chi connectivity index (χ4n) is 1.80. The molecule has 2 aromatic rings. The summed E-state index contributed by atoms with van der Waals surface area (Å²) < 4.78 is 51.4. The highest BCUT2D eigenvalue weighted by molar-refractivity contribution is 6.34. The average molecular weight is 321 g/mol. The first-order chi connectivity index (χ1) is 9.53. The maximum Gasteiger partial charge on any atom is 0.365 e. The summed E-state index contributed by atoms with van der Waals surface area (Å²) in [6, 6.07) is 4.87. The van der Waals surface area contributed by atoms with Crippen LogP contribution < -0.4 is 0 Å². The number of hydrogen-bond acceptors (Lipinski definition) is 2. The fraction of sp³-hybridized carbons (Fsp3) is 0.429. The van der Waals surface area contributed by atoms with E-state index in [1.54, 1.807) is 12.1 Å². The number of aromatic nitrogens is 2. The highest BCUT2D eigenvalue weighted by Gasteiger charge is 2.46. The van der Waals surface area contributed by atoms with Gasteiger partial charge >= 0.3 is 12.3 Å². The number of halogens is 5. The van der Waals surface area contributed by atoms with E-state index in [-0.39, 0.29) is 16.1 Å². The van der Waals surface area contributed by atoms with Crippen molar-refractivity contribution in [2.24, 2.45) is 0 Å². The van der Waals surface area contributed by atoms with Crippen LogP contribution >= 0.6 is 11.6 Å². The molecule has 0 saturated heterocycles. The molecule has 0 amide bonds. The van der Waals surface area contributed by atoms with Crippen molar-refractivity contribution in [1.82, 2.24) is 9.97 Å². The molecule has 0 N–H and O–H groups in total. The summed E-state index contributed by atoms with van der Waals surface area (Å²) in [7, 11) is 0. The molecule has 2 rings (SSSR count). The standard InChI is InChI=1S/C14H13ClF4N2/c1-13(2,3)7-4-5-9-8(6-7)10(15)21-12(20-9)14(18,19)11(16)17/h4-6,11H,1-3H3. The molecule has 7 heteroatoms. The minimum absolute atomic E-state index is 0.110. The van der Waals surface area contributed by atoms with E-state index in [9.17, 15) is 17.6 Å². The van der Waals surface area contributed by atoms with Crippen molar-refractivity contribution in [3.63, 3.8) is 0 Å². The summed E-state index contributed by atoms with van der Waals surface area (Å²) in [5.41, 5.74) is 0.843. The minimum atomic E-state index is -4.43. The Morgan fingerprint density at radius 3 is 2.24 bits per heavy atom. The van der Waals surface area contributed by atoms with Crippen molar-refractivity contribution in [1.29, 1.82) is 0 Å². The van der Waals surface area contributed by atoms with Crippen LogP contribution in [-0.2, 0) is 11.3 Å². The smallest absolute Gasteiger partial charge is 0.227 e. The van der Waals surface area contributed by atoms with Crippen molar-refractivity contribution in [3.8, 4) is 0 Å². The molecule has 0 radical (unpaired) electrons. The van der Waals surface area contributed by atoms with Gasteiger partial charge < -0.3 is 0 Å². The lowest BCUT2D eigenvalue weighted by Crippen LogP contribution is -2.26. The molecule has 2 nitrogen and oxygen atoms in total. The second-order valence-corrected chi connectivity index (χ2v) is 6.10. The van der Waals surface area contributed by atoms with Crippen molar-refractivity contribution >= 4 is 22.5 Å². The monoisotopic (exact) mass is 320 g/mol. The van der Waals surface area contributed by atoms with Crippen molar-refractivity contribution < 1.29 is 17.6 Å². The predicted octanol–water partition coefficient (Wildman–Crippen LogP) is 4.94. The van der Waals surface area contributed by atoms with Crippen molar-refractivity contribution in [2.45, 2.75) is 38.5 Å². The number of fused-ring (bicyclic) bond motifs is 1. The van der Waals surface area contributed by atoms with Crippen LogP contribution in [0.5, 0.6) is 0 Å². The van der Waals surface area contributed by atoms with E-state index in [0.29, 0.717) is 5.39 Å². The highest BCUT2D eigenvalue weighted by atomic mass is 35.5.